The fourth-order valence-corrected chi connectivity index (χ4v) is 2.63. The second-order valence-corrected chi connectivity index (χ2v) is 6.15. The van der Waals surface area contributed by atoms with Gasteiger partial charge in [-0.3, -0.25) is 14.5 Å². The number of hydrogen-bond donors (Lipinski definition) is 2. The molecule has 0 heterocycles. The van der Waals surface area contributed by atoms with E-state index < -0.39 is 0 Å². The number of likely N-dealkylation sites (N-methyl/N-ethyl adjacent to an activating group) is 1. The van der Waals surface area contributed by atoms with Gasteiger partial charge in [0, 0.05) is 19.2 Å². The van der Waals surface area contributed by atoms with E-state index in [2.05, 4.69) is 10.6 Å². The highest BCUT2D eigenvalue weighted by Gasteiger charge is 2.12. The lowest BCUT2D eigenvalue weighted by molar-refractivity contribution is -0.122. The average Bonchev–Trinajstić information content (AvgIpc) is 2.62. The Kier molecular flexibility index (Phi) is 6.71. The van der Waals surface area contributed by atoms with E-state index >= 15 is 0 Å². The van der Waals surface area contributed by atoms with Crippen LogP contribution in [0.15, 0.2) is 54.6 Å². The normalized spacial score (nSPS) is 11.8. The number of benzene rings is 2. The van der Waals surface area contributed by atoms with Crippen molar-refractivity contribution < 1.29 is 9.59 Å². The molecule has 0 bridgehead atoms. The number of carbonyl (C=O) groups is 2. The zero-order valence-electron chi connectivity index (χ0n) is 15.0. The van der Waals surface area contributed by atoms with Crippen molar-refractivity contribution in [2.45, 2.75) is 19.5 Å². The highest BCUT2D eigenvalue weighted by atomic mass is 16.2. The third kappa shape index (κ3) is 5.72. The Morgan fingerprint density at radius 3 is 2.28 bits per heavy atom. The largest absolute Gasteiger partial charge is 0.355 e. The fourth-order valence-electron chi connectivity index (χ4n) is 2.63. The Morgan fingerprint density at radius 1 is 1.04 bits per heavy atom. The molecule has 0 spiro atoms. The zero-order valence-corrected chi connectivity index (χ0v) is 15.0. The summed E-state index contributed by atoms with van der Waals surface area (Å²) in [7, 11) is 3.51. The Morgan fingerprint density at radius 2 is 1.68 bits per heavy atom. The Balaban J connectivity index is 1.84. The summed E-state index contributed by atoms with van der Waals surface area (Å²) in [6, 6.07) is 17.3. The van der Waals surface area contributed by atoms with Gasteiger partial charge < -0.3 is 10.6 Å². The lowest BCUT2D eigenvalue weighted by atomic mass is 10.1. The van der Waals surface area contributed by atoms with Gasteiger partial charge in [0.25, 0.3) is 5.91 Å². The number of hydrogen-bond acceptors (Lipinski definition) is 3. The molecular weight excluding hydrogens is 314 g/mol. The molecule has 0 fully saturated rings. The van der Waals surface area contributed by atoms with Gasteiger partial charge in [0.15, 0.2) is 0 Å². The van der Waals surface area contributed by atoms with Crippen molar-refractivity contribution in [1.82, 2.24) is 15.5 Å². The molecule has 25 heavy (non-hydrogen) atoms. The molecule has 2 aromatic carbocycles. The highest BCUT2D eigenvalue weighted by Crippen LogP contribution is 2.11. The van der Waals surface area contributed by atoms with E-state index in [9.17, 15) is 9.59 Å². The number of amides is 2. The second kappa shape index (κ2) is 8.99. The van der Waals surface area contributed by atoms with Crippen LogP contribution in [0, 0.1) is 0 Å². The molecule has 0 aliphatic rings. The number of nitrogens with one attached hydrogen (secondary N) is 2. The van der Waals surface area contributed by atoms with Crippen molar-refractivity contribution in [3.05, 3.63) is 71.3 Å². The first-order chi connectivity index (χ1) is 12.0. The molecule has 0 unspecified atom stereocenters. The van der Waals surface area contributed by atoms with Crippen LogP contribution in [0.5, 0.6) is 0 Å². The third-order valence-electron chi connectivity index (χ3n) is 3.99. The lowest BCUT2D eigenvalue weighted by Crippen LogP contribution is -2.36. The first kappa shape index (κ1) is 18.7. The van der Waals surface area contributed by atoms with Gasteiger partial charge in [-0.1, -0.05) is 42.5 Å². The molecule has 132 valence electrons. The quantitative estimate of drug-likeness (QED) is 0.814. The predicted molar refractivity (Wildman–Crippen MR) is 99.2 cm³/mol. The first-order valence-electron chi connectivity index (χ1n) is 8.33. The van der Waals surface area contributed by atoms with Crippen LogP contribution >= 0.6 is 0 Å². The second-order valence-electron chi connectivity index (χ2n) is 6.15. The molecule has 0 radical (unpaired) electrons. The number of rotatable bonds is 7. The van der Waals surface area contributed by atoms with E-state index in [0.717, 1.165) is 11.1 Å². The molecule has 2 aromatic rings. The van der Waals surface area contributed by atoms with Gasteiger partial charge in [0.1, 0.15) is 0 Å². The maximum absolute atomic E-state index is 12.2. The van der Waals surface area contributed by atoms with E-state index in [1.807, 2.05) is 61.3 Å². The molecule has 1 atom stereocenters. The van der Waals surface area contributed by atoms with E-state index in [4.69, 9.17) is 0 Å². The summed E-state index contributed by atoms with van der Waals surface area (Å²) >= 11 is 0. The molecule has 5 heteroatoms. The van der Waals surface area contributed by atoms with Crippen molar-refractivity contribution >= 4 is 11.8 Å². The van der Waals surface area contributed by atoms with Gasteiger partial charge in [-0.15, -0.1) is 0 Å². The predicted octanol–water partition coefficient (Wildman–Crippen LogP) is 2.36. The summed E-state index contributed by atoms with van der Waals surface area (Å²) in [6.07, 6.45) is 0. The third-order valence-corrected chi connectivity index (χ3v) is 3.99. The van der Waals surface area contributed by atoms with Crippen molar-refractivity contribution in [3.8, 4) is 0 Å². The fraction of sp³-hybridized carbons (Fsp3) is 0.300. The smallest absolute Gasteiger partial charge is 0.251 e. The van der Waals surface area contributed by atoms with Crippen molar-refractivity contribution in [2.75, 3.05) is 20.6 Å². The van der Waals surface area contributed by atoms with Crippen LogP contribution in [0.4, 0.5) is 0 Å². The summed E-state index contributed by atoms with van der Waals surface area (Å²) in [5.41, 5.74) is 2.77. The van der Waals surface area contributed by atoms with Crippen LogP contribution < -0.4 is 10.6 Å². The average molecular weight is 339 g/mol. The van der Waals surface area contributed by atoms with Crippen LogP contribution in [0.2, 0.25) is 0 Å². The van der Waals surface area contributed by atoms with Crippen molar-refractivity contribution in [3.63, 3.8) is 0 Å². The van der Waals surface area contributed by atoms with Crippen molar-refractivity contribution in [1.29, 1.82) is 0 Å². The van der Waals surface area contributed by atoms with Gasteiger partial charge in [-0.05, 0) is 37.2 Å². The summed E-state index contributed by atoms with van der Waals surface area (Å²) in [6.45, 7) is 2.93. The minimum Gasteiger partial charge on any atom is -0.355 e. The molecule has 5 nitrogen and oxygen atoms in total. The summed E-state index contributed by atoms with van der Waals surface area (Å²) in [5, 5.41) is 5.61. The molecule has 2 amide bonds. The zero-order chi connectivity index (χ0) is 18.2. The summed E-state index contributed by atoms with van der Waals surface area (Å²) in [5.74, 6) is -0.116. The minimum absolute atomic E-state index is 0.0131. The maximum atomic E-state index is 12.2. The van der Waals surface area contributed by atoms with Crippen LogP contribution in [-0.2, 0) is 11.3 Å². The van der Waals surface area contributed by atoms with Gasteiger partial charge in [0.05, 0.1) is 12.6 Å². The summed E-state index contributed by atoms with van der Waals surface area (Å²) < 4.78 is 0. The first-order valence-corrected chi connectivity index (χ1v) is 8.33. The Bertz CT molecular complexity index is 699. The van der Waals surface area contributed by atoms with E-state index in [1.54, 1.807) is 19.2 Å². The molecule has 2 N–H and O–H groups in total. The number of nitrogens with zero attached hydrogens (tertiary/aromatic N) is 1. The molecule has 0 aromatic heterocycles. The van der Waals surface area contributed by atoms with E-state index in [-0.39, 0.29) is 17.9 Å². The Labute approximate surface area is 149 Å². The van der Waals surface area contributed by atoms with Crippen LogP contribution in [-0.4, -0.2) is 37.4 Å². The standard InChI is InChI=1S/C20H25N3O2/c1-15(17-7-5-4-6-8-17)22-19(24)14-23(3)13-16-9-11-18(12-10-16)20(25)21-2/h4-12,15H,13-14H2,1-3H3,(H,21,25)(H,22,24)/t15-/m0/s1. The number of carbonyl (C=O) groups excluding carboxylic acids is 2. The molecule has 0 aliphatic heterocycles. The lowest BCUT2D eigenvalue weighted by Gasteiger charge is -2.19. The van der Waals surface area contributed by atoms with Crippen LogP contribution in [0.25, 0.3) is 0 Å². The van der Waals surface area contributed by atoms with Crippen molar-refractivity contribution in [2.24, 2.45) is 0 Å². The molecular formula is C20H25N3O2. The Hall–Kier alpha value is -2.66. The molecule has 0 saturated carbocycles. The summed E-state index contributed by atoms with van der Waals surface area (Å²) in [4.78, 5) is 25.7. The van der Waals surface area contributed by atoms with Gasteiger partial charge in [-0.2, -0.15) is 0 Å². The molecule has 2 rings (SSSR count). The highest BCUT2D eigenvalue weighted by molar-refractivity contribution is 5.93. The van der Waals surface area contributed by atoms with Gasteiger partial charge >= 0.3 is 0 Å². The minimum atomic E-state index is -0.103. The maximum Gasteiger partial charge on any atom is 0.251 e. The van der Waals surface area contributed by atoms with E-state index in [0.29, 0.717) is 18.7 Å². The SMILES string of the molecule is CNC(=O)c1ccc(CN(C)CC(=O)N[C@@H](C)c2ccccc2)cc1. The van der Waals surface area contributed by atoms with Gasteiger partial charge in [-0.25, -0.2) is 0 Å². The molecule has 0 aliphatic carbocycles. The van der Waals surface area contributed by atoms with Crippen LogP contribution in [0.1, 0.15) is 34.5 Å². The molecule has 0 saturated heterocycles. The van der Waals surface area contributed by atoms with E-state index in [1.165, 1.54) is 0 Å². The topological polar surface area (TPSA) is 61.4 Å². The van der Waals surface area contributed by atoms with Crippen LogP contribution in [0.3, 0.4) is 0 Å². The van der Waals surface area contributed by atoms with Gasteiger partial charge in [0.2, 0.25) is 5.91 Å². The monoisotopic (exact) mass is 339 g/mol.